The Morgan fingerprint density at radius 2 is 1.41 bits per heavy atom. The summed E-state index contributed by atoms with van der Waals surface area (Å²) in [6.07, 6.45) is 0. The fourth-order valence-electron chi connectivity index (χ4n) is 3.92. The van der Waals surface area contributed by atoms with E-state index in [2.05, 4.69) is 10.1 Å². The Hall–Kier alpha value is -4.55. The number of aromatic nitrogens is 3. The van der Waals surface area contributed by atoms with Gasteiger partial charge in [0.15, 0.2) is 18.2 Å². The summed E-state index contributed by atoms with van der Waals surface area (Å²) in [5, 5.41) is 4.99. The molecule has 1 aromatic heterocycles. The summed E-state index contributed by atoms with van der Waals surface area (Å²) in [7, 11) is 0. The van der Waals surface area contributed by atoms with E-state index in [-0.39, 0.29) is 11.6 Å². The number of Topliss-reactive ketones (excluding diaryl/α,β-unsaturated/α-hetero) is 1. The summed E-state index contributed by atoms with van der Waals surface area (Å²) in [6, 6.07) is 31.9. The van der Waals surface area contributed by atoms with E-state index in [1.165, 1.54) is 0 Å². The number of rotatable bonds is 7. The number of benzene rings is 4. The predicted molar refractivity (Wildman–Crippen MR) is 143 cm³/mol. The zero-order valence-corrected chi connectivity index (χ0v) is 20.7. The lowest BCUT2D eigenvalue weighted by molar-refractivity contribution is 0.0462. The van der Waals surface area contributed by atoms with E-state index in [4.69, 9.17) is 16.3 Å². The molecule has 0 saturated carbocycles. The first kappa shape index (κ1) is 24.2. The Morgan fingerprint density at radius 3 is 2.08 bits per heavy atom. The summed E-state index contributed by atoms with van der Waals surface area (Å²) in [6.45, 7) is 1.45. The lowest BCUT2D eigenvalue weighted by atomic mass is 10.0. The second kappa shape index (κ2) is 10.6. The van der Waals surface area contributed by atoms with Crippen LogP contribution in [0.3, 0.4) is 0 Å². The van der Waals surface area contributed by atoms with Gasteiger partial charge in [-0.15, -0.1) is 5.10 Å². The largest absolute Gasteiger partial charge is 0.451 e. The van der Waals surface area contributed by atoms with Crippen LogP contribution < -0.4 is 0 Å². The van der Waals surface area contributed by atoms with Gasteiger partial charge in [0.1, 0.15) is 0 Å². The van der Waals surface area contributed by atoms with Gasteiger partial charge in [0.2, 0.25) is 0 Å². The summed E-state index contributed by atoms with van der Waals surface area (Å²) >= 11 is 6.33. The van der Waals surface area contributed by atoms with Crippen molar-refractivity contribution in [3.63, 3.8) is 0 Å². The molecule has 0 amide bonds. The van der Waals surface area contributed by atoms with Gasteiger partial charge < -0.3 is 4.74 Å². The summed E-state index contributed by atoms with van der Waals surface area (Å²) in [5.74, 6) is -0.794. The number of carbonyl (C=O) groups excluding carboxylic acids is 2. The standard InChI is InChI=1S/C30H22ClN3O3/c1-20-25(31)13-8-14-26(20)34-29(24-11-6-3-7-12-24)32-28(33-34)30(36)37-19-27(35)23-17-15-22(16-18-23)21-9-4-2-5-10-21/h2-18H,19H2,1H3. The minimum absolute atomic E-state index is 0.148. The predicted octanol–water partition coefficient (Wildman–Crippen LogP) is 6.60. The van der Waals surface area contributed by atoms with E-state index in [1.54, 1.807) is 28.9 Å². The van der Waals surface area contributed by atoms with Gasteiger partial charge in [-0.3, -0.25) is 4.79 Å². The van der Waals surface area contributed by atoms with E-state index in [9.17, 15) is 9.59 Å². The van der Waals surface area contributed by atoms with Gasteiger partial charge in [0.05, 0.1) is 5.69 Å². The maximum Gasteiger partial charge on any atom is 0.378 e. The molecule has 0 fully saturated rings. The van der Waals surface area contributed by atoms with Gasteiger partial charge in [-0.05, 0) is 35.7 Å². The van der Waals surface area contributed by atoms with E-state index >= 15 is 0 Å². The quantitative estimate of drug-likeness (QED) is 0.183. The lowest BCUT2D eigenvalue weighted by Crippen LogP contribution is -2.15. The van der Waals surface area contributed by atoms with Crippen LogP contribution in [0.5, 0.6) is 0 Å². The average Bonchev–Trinajstić information content (AvgIpc) is 3.39. The van der Waals surface area contributed by atoms with Crippen LogP contribution in [0.2, 0.25) is 5.02 Å². The highest BCUT2D eigenvalue weighted by atomic mass is 35.5. The van der Waals surface area contributed by atoms with Crippen molar-refractivity contribution in [3.8, 4) is 28.2 Å². The molecular formula is C30H22ClN3O3. The maximum atomic E-state index is 12.9. The van der Waals surface area contributed by atoms with Crippen LogP contribution in [0.15, 0.2) is 103 Å². The molecule has 182 valence electrons. The fourth-order valence-corrected chi connectivity index (χ4v) is 4.09. The van der Waals surface area contributed by atoms with Crippen LogP contribution >= 0.6 is 11.6 Å². The molecule has 0 aliphatic heterocycles. The summed E-state index contributed by atoms with van der Waals surface area (Å²) < 4.78 is 6.87. The zero-order valence-electron chi connectivity index (χ0n) is 20.0. The number of hydrogen-bond donors (Lipinski definition) is 0. The SMILES string of the molecule is Cc1c(Cl)cccc1-n1nc(C(=O)OCC(=O)c2ccc(-c3ccccc3)cc2)nc1-c1ccccc1. The molecule has 7 heteroatoms. The Kier molecular flexibility index (Phi) is 6.92. The molecule has 6 nitrogen and oxygen atoms in total. The minimum atomic E-state index is -0.787. The monoisotopic (exact) mass is 507 g/mol. The molecule has 0 radical (unpaired) electrons. The third-order valence-electron chi connectivity index (χ3n) is 5.94. The Labute approximate surface area is 219 Å². The maximum absolute atomic E-state index is 12.9. The molecule has 0 spiro atoms. The van der Waals surface area contributed by atoms with Crippen LogP contribution in [0, 0.1) is 6.92 Å². The molecular weight excluding hydrogens is 486 g/mol. The molecule has 5 rings (SSSR count). The van der Waals surface area contributed by atoms with Crippen LogP contribution in [-0.2, 0) is 4.74 Å². The van der Waals surface area contributed by atoms with E-state index < -0.39 is 12.6 Å². The molecule has 5 aromatic rings. The molecule has 0 N–H and O–H groups in total. The number of nitrogens with zero attached hydrogens (tertiary/aromatic N) is 3. The first-order valence-corrected chi connectivity index (χ1v) is 12.0. The summed E-state index contributed by atoms with van der Waals surface area (Å²) in [4.78, 5) is 30.0. The van der Waals surface area contributed by atoms with Crippen molar-refractivity contribution >= 4 is 23.4 Å². The van der Waals surface area contributed by atoms with E-state index in [0.29, 0.717) is 22.1 Å². The second-order valence-corrected chi connectivity index (χ2v) is 8.77. The minimum Gasteiger partial charge on any atom is -0.451 e. The Bertz CT molecular complexity index is 1560. The fraction of sp³-hybridized carbons (Fsp3) is 0.0667. The third-order valence-corrected chi connectivity index (χ3v) is 6.35. The van der Waals surface area contributed by atoms with Crippen molar-refractivity contribution in [1.82, 2.24) is 14.8 Å². The Morgan fingerprint density at radius 1 is 0.784 bits per heavy atom. The second-order valence-electron chi connectivity index (χ2n) is 8.36. The van der Waals surface area contributed by atoms with Crippen LogP contribution in [-0.4, -0.2) is 33.1 Å². The highest BCUT2D eigenvalue weighted by molar-refractivity contribution is 6.31. The average molecular weight is 508 g/mol. The summed E-state index contributed by atoms with van der Waals surface area (Å²) in [5.41, 5.74) is 4.74. The van der Waals surface area contributed by atoms with Gasteiger partial charge in [-0.2, -0.15) is 0 Å². The van der Waals surface area contributed by atoms with Crippen molar-refractivity contribution in [2.24, 2.45) is 0 Å². The lowest BCUT2D eigenvalue weighted by Gasteiger charge is -2.10. The van der Waals surface area contributed by atoms with Gasteiger partial charge in [-0.1, -0.05) is 103 Å². The zero-order chi connectivity index (χ0) is 25.8. The topological polar surface area (TPSA) is 74.1 Å². The molecule has 0 saturated heterocycles. The smallest absolute Gasteiger partial charge is 0.378 e. The molecule has 0 bridgehead atoms. The highest BCUT2D eigenvalue weighted by Crippen LogP contribution is 2.27. The van der Waals surface area contributed by atoms with Crippen LogP contribution in [0.25, 0.3) is 28.2 Å². The molecule has 37 heavy (non-hydrogen) atoms. The molecule has 4 aromatic carbocycles. The van der Waals surface area contributed by atoms with E-state index in [1.807, 2.05) is 85.8 Å². The molecule has 0 aliphatic carbocycles. The number of hydrogen-bond acceptors (Lipinski definition) is 5. The molecule has 0 aliphatic rings. The van der Waals surface area contributed by atoms with E-state index in [0.717, 1.165) is 22.3 Å². The van der Waals surface area contributed by atoms with Gasteiger partial charge in [-0.25, -0.2) is 14.5 Å². The molecule has 0 unspecified atom stereocenters. The molecule has 1 heterocycles. The van der Waals surface area contributed by atoms with Crippen molar-refractivity contribution in [3.05, 3.63) is 125 Å². The van der Waals surface area contributed by atoms with Crippen molar-refractivity contribution in [2.45, 2.75) is 6.92 Å². The van der Waals surface area contributed by atoms with Crippen LogP contribution in [0.4, 0.5) is 0 Å². The highest BCUT2D eigenvalue weighted by Gasteiger charge is 2.22. The third kappa shape index (κ3) is 5.20. The normalized spacial score (nSPS) is 10.8. The first-order valence-electron chi connectivity index (χ1n) is 11.6. The van der Waals surface area contributed by atoms with Crippen molar-refractivity contribution < 1.29 is 14.3 Å². The van der Waals surface area contributed by atoms with Gasteiger partial charge in [0.25, 0.3) is 5.82 Å². The van der Waals surface area contributed by atoms with Crippen molar-refractivity contribution in [2.75, 3.05) is 6.61 Å². The van der Waals surface area contributed by atoms with Gasteiger partial charge in [0, 0.05) is 16.1 Å². The van der Waals surface area contributed by atoms with Gasteiger partial charge >= 0.3 is 5.97 Å². The number of esters is 1. The van der Waals surface area contributed by atoms with Crippen LogP contribution in [0.1, 0.15) is 26.5 Å². The number of halogens is 1. The van der Waals surface area contributed by atoms with Crippen molar-refractivity contribution in [1.29, 1.82) is 0 Å². The number of carbonyl (C=O) groups is 2. The number of ether oxygens (including phenoxy) is 1. The molecule has 0 atom stereocenters. The number of ketones is 1. The first-order chi connectivity index (χ1) is 18.0. The Balaban J connectivity index is 1.36.